The first kappa shape index (κ1) is 16.5. The molecule has 0 aromatic carbocycles. The summed E-state index contributed by atoms with van der Waals surface area (Å²) < 4.78 is 0. The smallest absolute Gasteiger partial charge is 0.309 e. The van der Waals surface area contributed by atoms with Crippen LogP contribution in [0.1, 0.15) is 72.6 Å². The van der Waals surface area contributed by atoms with E-state index >= 15 is 0 Å². The molecule has 3 nitrogen and oxygen atoms in total. The second kappa shape index (κ2) is 6.25. The van der Waals surface area contributed by atoms with E-state index in [2.05, 4.69) is 0 Å². The zero-order chi connectivity index (χ0) is 14.7. The largest absolute Gasteiger partial charge is 0.481 e. The summed E-state index contributed by atoms with van der Waals surface area (Å²) in [5, 5.41) is 19.5. The lowest BCUT2D eigenvalue weighted by Gasteiger charge is -2.31. The van der Waals surface area contributed by atoms with Gasteiger partial charge in [0, 0.05) is 0 Å². The minimum absolute atomic E-state index is 0.255. The van der Waals surface area contributed by atoms with Gasteiger partial charge in [0.25, 0.3) is 0 Å². The highest BCUT2D eigenvalue weighted by atomic mass is 16.4. The minimum atomic E-state index is -0.684. The molecule has 112 valence electrons. The number of aliphatic carboxylic acids is 1. The summed E-state index contributed by atoms with van der Waals surface area (Å²) >= 11 is 0. The van der Waals surface area contributed by atoms with Gasteiger partial charge < -0.3 is 10.2 Å². The van der Waals surface area contributed by atoms with Crippen molar-refractivity contribution in [1.29, 1.82) is 0 Å². The molecular formula is C16H30O3. The summed E-state index contributed by atoms with van der Waals surface area (Å²) in [7, 11) is 0. The van der Waals surface area contributed by atoms with E-state index in [1.54, 1.807) is 0 Å². The van der Waals surface area contributed by atoms with Crippen molar-refractivity contribution in [3.05, 3.63) is 0 Å². The van der Waals surface area contributed by atoms with E-state index in [4.69, 9.17) is 0 Å². The lowest BCUT2D eigenvalue weighted by atomic mass is 9.74. The van der Waals surface area contributed by atoms with Crippen LogP contribution in [0.2, 0.25) is 0 Å². The molecule has 0 radical (unpaired) electrons. The molecule has 3 heteroatoms. The Morgan fingerprint density at radius 2 is 1.32 bits per heavy atom. The van der Waals surface area contributed by atoms with Gasteiger partial charge in [0.15, 0.2) is 0 Å². The standard InChI is InChI=1S/C16H30O3/c1-15(2,14(17)18)12-8-5-6-9-13(11-7-10-12)16(3,4)19/h12-13,19H,5-11H2,1-4H3,(H,17,18)/t12?,13-/m0/s1. The molecule has 2 atom stereocenters. The number of hydrogen-bond donors (Lipinski definition) is 2. The number of carboxylic acids is 1. The van der Waals surface area contributed by atoms with E-state index in [0.29, 0.717) is 5.92 Å². The molecule has 2 N–H and O–H groups in total. The molecule has 1 aliphatic carbocycles. The predicted molar refractivity (Wildman–Crippen MR) is 77.0 cm³/mol. The van der Waals surface area contributed by atoms with Crippen molar-refractivity contribution < 1.29 is 15.0 Å². The average molecular weight is 270 g/mol. The van der Waals surface area contributed by atoms with Crippen LogP contribution in [-0.2, 0) is 4.79 Å². The highest BCUT2D eigenvalue weighted by molar-refractivity contribution is 5.74. The van der Waals surface area contributed by atoms with Crippen LogP contribution in [0.3, 0.4) is 0 Å². The van der Waals surface area contributed by atoms with Gasteiger partial charge in [0.1, 0.15) is 0 Å². The molecule has 19 heavy (non-hydrogen) atoms. The fourth-order valence-electron chi connectivity index (χ4n) is 3.28. The zero-order valence-corrected chi connectivity index (χ0v) is 12.9. The summed E-state index contributed by atoms with van der Waals surface area (Å²) in [6.45, 7) is 7.50. The summed E-state index contributed by atoms with van der Waals surface area (Å²) in [4.78, 5) is 11.4. The van der Waals surface area contributed by atoms with E-state index in [1.165, 1.54) is 0 Å². The molecule has 0 amide bonds. The Morgan fingerprint density at radius 1 is 0.895 bits per heavy atom. The van der Waals surface area contributed by atoms with Gasteiger partial charge in [0.05, 0.1) is 11.0 Å². The van der Waals surface area contributed by atoms with Crippen molar-refractivity contribution in [1.82, 2.24) is 0 Å². The fourth-order valence-corrected chi connectivity index (χ4v) is 3.28. The van der Waals surface area contributed by atoms with Gasteiger partial charge in [-0.3, -0.25) is 4.79 Å². The molecule has 1 saturated carbocycles. The second-order valence-electron chi connectivity index (χ2n) is 7.29. The van der Waals surface area contributed by atoms with Crippen molar-refractivity contribution in [3.63, 3.8) is 0 Å². The molecule has 1 aliphatic rings. The molecule has 0 heterocycles. The van der Waals surface area contributed by atoms with Crippen molar-refractivity contribution >= 4 is 5.97 Å². The Bertz CT molecular complexity index is 302. The van der Waals surface area contributed by atoms with E-state index in [9.17, 15) is 15.0 Å². The zero-order valence-electron chi connectivity index (χ0n) is 12.9. The van der Waals surface area contributed by atoms with Crippen molar-refractivity contribution in [2.45, 2.75) is 78.2 Å². The van der Waals surface area contributed by atoms with Gasteiger partial charge in [-0.15, -0.1) is 0 Å². The van der Waals surface area contributed by atoms with E-state index in [1.807, 2.05) is 27.7 Å². The highest BCUT2D eigenvalue weighted by Crippen LogP contribution is 2.38. The Labute approximate surface area is 117 Å². The third kappa shape index (κ3) is 4.48. The first-order valence-corrected chi connectivity index (χ1v) is 7.61. The quantitative estimate of drug-likeness (QED) is 0.819. The number of carboxylic acid groups (broad SMARTS) is 1. The molecule has 0 aliphatic heterocycles. The number of hydrogen-bond acceptors (Lipinski definition) is 2. The van der Waals surface area contributed by atoms with Crippen LogP contribution in [0.25, 0.3) is 0 Å². The van der Waals surface area contributed by atoms with Crippen molar-refractivity contribution in [2.75, 3.05) is 0 Å². The van der Waals surface area contributed by atoms with Crippen LogP contribution in [0.5, 0.6) is 0 Å². The topological polar surface area (TPSA) is 57.5 Å². The van der Waals surface area contributed by atoms with Crippen LogP contribution in [-0.4, -0.2) is 21.8 Å². The fraction of sp³-hybridized carbons (Fsp3) is 0.938. The maximum absolute atomic E-state index is 11.4. The number of rotatable bonds is 3. The number of carbonyl (C=O) groups is 1. The van der Waals surface area contributed by atoms with E-state index in [-0.39, 0.29) is 5.92 Å². The second-order valence-corrected chi connectivity index (χ2v) is 7.29. The normalized spacial score (nSPS) is 27.2. The molecule has 0 saturated heterocycles. The Kier molecular flexibility index (Phi) is 5.43. The minimum Gasteiger partial charge on any atom is -0.481 e. The van der Waals surface area contributed by atoms with Gasteiger partial charge in [-0.2, -0.15) is 0 Å². The summed E-state index contributed by atoms with van der Waals surface area (Å²) in [5.41, 5.74) is -1.24. The van der Waals surface area contributed by atoms with Gasteiger partial charge in [-0.1, -0.05) is 19.3 Å². The number of aliphatic hydroxyl groups is 1. The summed E-state index contributed by atoms with van der Waals surface area (Å²) in [6, 6.07) is 0. The molecule has 0 bridgehead atoms. The summed E-state index contributed by atoms with van der Waals surface area (Å²) in [5.74, 6) is -0.0828. The molecule has 0 aromatic heterocycles. The lowest BCUT2D eigenvalue weighted by Crippen LogP contribution is -2.33. The molecule has 0 aromatic rings. The van der Waals surface area contributed by atoms with Crippen LogP contribution in [0, 0.1) is 17.3 Å². The van der Waals surface area contributed by atoms with Crippen LogP contribution >= 0.6 is 0 Å². The molecule has 0 spiro atoms. The van der Waals surface area contributed by atoms with Crippen LogP contribution in [0.15, 0.2) is 0 Å². The maximum atomic E-state index is 11.4. The Morgan fingerprint density at radius 3 is 1.79 bits per heavy atom. The average Bonchev–Trinajstić information content (AvgIpc) is 2.38. The Balaban J connectivity index is 2.67. The van der Waals surface area contributed by atoms with Gasteiger partial charge in [0.2, 0.25) is 0 Å². The molecule has 1 unspecified atom stereocenters. The van der Waals surface area contributed by atoms with E-state index < -0.39 is 17.0 Å². The third-order valence-corrected chi connectivity index (χ3v) is 5.03. The maximum Gasteiger partial charge on any atom is 0.309 e. The van der Waals surface area contributed by atoms with Gasteiger partial charge >= 0.3 is 5.97 Å². The van der Waals surface area contributed by atoms with Crippen LogP contribution in [0.4, 0.5) is 0 Å². The van der Waals surface area contributed by atoms with Gasteiger partial charge in [-0.25, -0.2) is 0 Å². The van der Waals surface area contributed by atoms with Crippen LogP contribution < -0.4 is 0 Å². The third-order valence-electron chi connectivity index (χ3n) is 5.03. The lowest BCUT2D eigenvalue weighted by molar-refractivity contribution is -0.150. The first-order valence-electron chi connectivity index (χ1n) is 7.61. The SMILES string of the molecule is CC(C)(C(=O)O)C1CCCC[C@H](C(C)(C)O)CCC1. The van der Waals surface area contributed by atoms with Gasteiger partial charge in [-0.05, 0) is 65.2 Å². The highest BCUT2D eigenvalue weighted by Gasteiger charge is 2.37. The molecule has 1 rings (SSSR count). The van der Waals surface area contributed by atoms with Crippen molar-refractivity contribution in [2.24, 2.45) is 17.3 Å². The Hall–Kier alpha value is -0.570. The molecular weight excluding hydrogens is 240 g/mol. The first-order chi connectivity index (χ1) is 8.65. The van der Waals surface area contributed by atoms with Crippen molar-refractivity contribution in [3.8, 4) is 0 Å². The van der Waals surface area contributed by atoms with E-state index in [0.717, 1.165) is 44.9 Å². The molecule has 1 fully saturated rings. The predicted octanol–water partition coefficient (Wildman–Crippen LogP) is 3.84. The summed E-state index contributed by atoms with van der Waals surface area (Å²) in [6.07, 6.45) is 7.23. The monoisotopic (exact) mass is 270 g/mol.